The average Bonchev–Trinajstić information content (AvgIpc) is 3.41. The van der Waals surface area contributed by atoms with E-state index >= 15 is 0 Å². The largest absolute Gasteiger partial charge is 0.485 e. The Morgan fingerprint density at radius 2 is 1.58 bits per heavy atom. The Bertz CT molecular complexity index is 1110. The lowest BCUT2D eigenvalue weighted by Gasteiger charge is -2.36. The quantitative estimate of drug-likeness (QED) is 0.642. The van der Waals surface area contributed by atoms with Crippen LogP contribution >= 0.6 is 0 Å². The van der Waals surface area contributed by atoms with Crippen LogP contribution in [0.15, 0.2) is 48.5 Å². The number of hydrogen-bond donors (Lipinski definition) is 2. The number of carbonyl (C=O) groups excluding carboxylic acids is 3. The van der Waals surface area contributed by atoms with Crippen LogP contribution in [0.25, 0.3) is 0 Å². The third kappa shape index (κ3) is 5.62. The van der Waals surface area contributed by atoms with Crippen molar-refractivity contribution in [2.75, 3.05) is 44.6 Å². The van der Waals surface area contributed by atoms with Gasteiger partial charge in [-0.15, -0.1) is 0 Å². The van der Waals surface area contributed by atoms with Gasteiger partial charge in [-0.1, -0.05) is 37.1 Å². The van der Waals surface area contributed by atoms with Gasteiger partial charge < -0.3 is 25.0 Å². The van der Waals surface area contributed by atoms with Gasteiger partial charge in [0, 0.05) is 32.2 Å². The number of ether oxygens (including phenoxy) is 2. The zero-order valence-corrected chi connectivity index (χ0v) is 20.3. The van der Waals surface area contributed by atoms with Gasteiger partial charge in [-0.05, 0) is 37.1 Å². The summed E-state index contributed by atoms with van der Waals surface area (Å²) in [5.41, 5.74) is 0.992. The standard InChI is InChI=1S/C27H32N4O5/c32-25(29-21-10-4-3-9-20(21)26(33)28-19-7-1-2-8-19)17-30-13-15-31(16-14-30)27(34)24-18-35-22-11-5-6-12-23(22)36-24/h3-6,9-12,19,24H,1-2,7-8,13-18H2,(H,28,33)(H,29,32). The summed E-state index contributed by atoms with van der Waals surface area (Å²) in [5, 5.41) is 5.98. The van der Waals surface area contributed by atoms with E-state index in [1.54, 1.807) is 29.2 Å². The molecule has 9 heteroatoms. The summed E-state index contributed by atoms with van der Waals surface area (Å²) in [6.45, 7) is 2.55. The van der Waals surface area contributed by atoms with Crippen molar-refractivity contribution in [3.8, 4) is 11.5 Å². The number of para-hydroxylation sites is 3. The summed E-state index contributed by atoms with van der Waals surface area (Å²) in [6.07, 6.45) is 3.61. The molecule has 0 bridgehead atoms. The first-order valence-corrected chi connectivity index (χ1v) is 12.7. The fraction of sp³-hybridized carbons (Fsp3) is 0.444. The molecule has 2 N–H and O–H groups in total. The molecule has 1 aliphatic carbocycles. The van der Waals surface area contributed by atoms with Crippen molar-refractivity contribution in [3.05, 3.63) is 54.1 Å². The van der Waals surface area contributed by atoms with Gasteiger partial charge in [0.2, 0.25) is 12.0 Å². The van der Waals surface area contributed by atoms with Crippen molar-refractivity contribution < 1.29 is 23.9 Å². The lowest BCUT2D eigenvalue weighted by molar-refractivity contribution is -0.143. The van der Waals surface area contributed by atoms with E-state index in [4.69, 9.17) is 9.47 Å². The maximum Gasteiger partial charge on any atom is 0.267 e. The van der Waals surface area contributed by atoms with Gasteiger partial charge in [-0.3, -0.25) is 19.3 Å². The van der Waals surface area contributed by atoms with E-state index in [9.17, 15) is 14.4 Å². The fourth-order valence-electron chi connectivity index (χ4n) is 4.99. The van der Waals surface area contributed by atoms with E-state index in [-0.39, 0.29) is 36.9 Å². The van der Waals surface area contributed by atoms with Crippen LogP contribution in [0.2, 0.25) is 0 Å². The molecule has 0 radical (unpaired) electrons. The zero-order valence-electron chi connectivity index (χ0n) is 20.3. The number of rotatable bonds is 6. The molecule has 1 saturated heterocycles. The van der Waals surface area contributed by atoms with Crippen LogP contribution < -0.4 is 20.1 Å². The molecule has 1 unspecified atom stereocenters. The van der Waals surface area contributed by atoms with Crippen molar-refractivity contribution in [2.45, 2.75) is 37.8 Å². The smallest absolute Gasteiger partial charge is 0.267 e. The van der Waals surface area contributed by atoms with Crippen LogP contribution in [0.3, 0.4) is 0 Å². The molecule has 0 aromatic heterocycles. The number of nitrogens with one attached hydrogen (secondary N) is 2. The first kappa shape index (κ1) is 24.1. The fourth-order valence-corrected chi connectivity index (χ4v) is 4.99. The van der Waals surface area contributed by atoms with Gasteiger partial charge in [-0.2, -0.15) is 0 Å². The maximum atomic E-state index is 12.9. The lowest BCUT2D eigenvalue weighted by Crippen LogP contribution is -2.55. The van der Waals surface area contributed by atoms with Gasteiger partial charge in [-0.25, -0.2) is 0 Å². The zero-order chi connectivity index (χ0) is 24.9. The Hall–Kier alpha value is -3.59. The topological polar surface area (TPSA) is 100 Å². The van der Waals surface area contributed by atoms with Gasteiger partial charge in [0.1, 0.15) is 6.61 Å². The first-order chi connectivity index (χ1) is 17.6. The van der Waals surface area contributed by atoms with Crippen molar-refractivity contribution >= 4 is 23.4 Å². The Kier molecular flexibility index (Phi) is 7.36. The highest BCUT2D eigenvalue weighted by atomic mass is 16.6. The summed E-state index contributed by atoms with van der Waals surface area (Å²) in [4.78, 5) is 42.3. The molecule has 5 rings (SSSR count). The Morgan fingerprint density at radius 3 is 2.36 bits per heavy atom. The molecule has 36 heavy (non-hydrogen) atoms. The highest BCUT2D eigenvalue weighted by molar-refractivity contribution is 6.04. The minimum atomic E-state index is -0.665. The Labute approximate surface area is 210 Å². The number of piperazine rings is 1. The van der Waals surface area contributed by atoms with E-state index < -0.39 is 6.10 Å². The second-order valence-corrected chi connectivity index (χ2v) is 9.51. The van der Waals surface area contributed by atoms with E-state index in [0.717, 1.165) is 25.7 Å². The first-order valence-electron chi connectivity index (χ1n) is 12.7. The number of fused-ring (bicyclic) bond motifs is 1. The van der Waals surface area contributed by atoms with Crippen molar-refractivity contribution in [1.82, 2.24) is 15.1 Å². The van der Waals surface area contributed by atoms with E-state index in [1.165, 1.54) is 0 Å². The van der Waals surface area contributed by atoms with Gasteiger partial charge in [0.15, 0.2) is 11.5 Å². The minimum Gasteiger partial charge on any atom is -0.485 e. The molecule has 3 amide bonds. The average molecular weight is 493 g/mol. The normalized spacial score (nSPS) is 20.1. The van der Waals surface area contributed by atoms with Crippen molar-refractivity contribution in [3.63, 3.8) is 0 Å². The number of benzene rings is 2. The SMILES string of the molecule is O=C(CN1CCN(C(=O)C2COc3ccccc3O2)CC1)Nc1ccccc1C(=O)NC1CCCC1. The minimum absolute atomic E-state index is 0.101. The summed E-state index contributed by atoms with van der Waals surface area (Å²) in [6, 6.07) is 14.6. The lowest BCUT2D eigenvalue weighted by atomic mass is 10.1. The molecule has 2 aromatic carbocycles. The third-order valence-corrected chi connectivity index (χ3v) is 6.97. The van der Waals surface area contributed by atoms with Crippen LogP contribution in [0.4, 0.5) is 5.69 Å². The van der Waals surface area contributed by atoms with Crippen LogP contribution in [-0.2, 0) is 9.59 Å². The monoisotopic (exact) mass is 492 g/mol. The van der Waals surface area contributed by atoms with E-state index in [0.29, 0.717) is 48.9 Å². The van der Waals surface area contributed by atoms with Crippen LogP contribution in [0.5, 0.6) is 11.5 Å². The molecule has 1 saturated carbocycles. The number of hydrogen-bond acceptors (Lipinski definition) is 6. The number of anilines is 1. The van der Waals surface area contributed by atoms with Gasteiger partial charge in [0.05, 0.1) is 17.8 Å². The summed E-state index contributed by atoms with van der Waals surface area (Å²) >= 11 is 0. The molecule has 3 aliphatic rings. The molecular weight excluding hydrogens is 460 g/mol. The summed E-state index contributed by atoms with van der Waals surface area (Å²) < 4.78 is 11.5. The molecule has 2 heterocycles. The number of carbonyl (C=O) groups is 3. The number of amides is 3. The van der Waals surface area contributed by atoms with Gasteiger partial charge >= 0.3 is 0 Å². The maximum absolute atomic E-state index is 12.9. The molecule has 190 valence electrons. The van der Waals surface area contributed by atoms with Crippen LogP contribution in [-0.4, -0.2) is 79.0 Å². The molecule has 2 fully saturated rings. The third-order valence-electron chi connectivity index (χ3n) is 6.97. The molecular formula is C27H32N4O5. The number of nitrogens with zero attached hydrogens (tertiary/aromatic N) is 2. The van der Waals surface area contributed by atoms with Crippen molar-refractivity contribution in [1.29, 1.82) is 0 Å². The van der Waals surface area contributed by atoms with Crippen LogP contribution in [0, 0.1) is 0 Å². The molecule has 2 aliphatic heterocycles. The highest BCUT2D eigenvalue weighted by Gasteiger charge is 2.33. The summed E-state index contributed by atoms with van der Waals surface area (Å²) in [7, 11) is 0. The second kappa shape index (κ2) is 11.0. The highest BCUT2D eigenvalue weighted by Crippen LogP contribution is 2.31. The predicted octanol–water partition coefficient (Wildman–Crippen LogP) is 2.28. The van der Waals surface area contributed by atoms with Gasteiger partial charge in [0.25, 0.3) is 11.8 Å². The predicted molar refractivity (Wildman–Crippen MR) is 134 cm³/mol. The Balaban J connectivity index is 1.10. The molecule has 9 nitrogen and oxygen atoms in total. The summed E-state index contributed by atoms with van der Waals surface area (Å²) in [5.74, 6) is 0.790. The molecule has 2 aromatic rings. The Morgan fingerprint density at radius 1 is 0.889 bits per heavy atom. The molecule has 0 spiro atoms. The van der Waals surface area contributed by atoms with Crippen LogP contribution in [0.1, 0.15) is 36.0 Å². The van der Waals surface area contributed by atoms with E-state index in [2.05, 4.69) is 10.6 Å². The van der Waals surface area contributed by atoms with Crippen molar-refractivity contribution in [2.24, 2.45) is 0 Å². The van der Waals surface area contributed by atoms with E-state index in [1.807, 2.05) is 29.2 Å². The molecule has 1 atom stereocenters. The second-order valence-electron chi connectivity index (χ2n) is 9.51.